The summed E-state index contributed by atoms with van der Waals surface area (Å²) in [5, 5.41) is 0. The number of unbranched alkanes of at least 4 members (excludes halogenated alkanes) is 1. The normalized spacial score (nSPS) is 10.8. The third-order valence-corrected chi connectivity index (χ3v) is 4.59. The van der Waals surface area contributed by atoms with Gasteiger partial charge in [-0.25, -0.2) is 13.1 Å². The minimum Gasteiger partial charge on any atom is -0.211 e. The summed E-state index contributed by atoms with van der Waals surface area (Å²) in [4.78, 5) is 0.300. The van der Waals surface area contributed by atoms with Crippen molar-refractivity contribution in [1.82, 2.24) is 4.72 Å². The zero-order chi connectivity index (χ0) is 15.8. The second-order valence-electron chi connectivity index (χ2n) is 4.98. The fourth-order valence-electron chi connectivity index (χ4n) is 1.87. The molecule has 0 saturated carbocycles. The molecular formula is C18H19NO2S. The van der Waals surface area contributed by atoms with Gasteiger partial charge in [0.05, 0.1) is 4.90 Å². The van der Waals surface area contributed by atoms with Gasteiger partial charge in [-0.15, -0.1) is 0 Å². The first-order valence-electron chi connectivity index (χ1n) is 7.18. The number of hydrogen-bond donors (Lipinski definition) is 1. The molecule has 2 rings (SSSR count). The van der Waals surface area contributed by atoms with Crippen LogP contribution in [-0.4, -0.2) is 15.0 Å². The Morgan fingerprint density at radius 2 is 1.68 bits per heavy atom. The minimum atomic E-state index is -3.41. The van der Waals surface area contributed by atoms with E-state index in [1.807, 2.05) is 37.3 Å². The molecule has 0 unspecified atom stereocenters. The molecule has 0 aliphatic heterocycles. The lowest BCUT2D eigenvalue weighted by Gasteiger charge is -2.05. The van der Waals surface area contributed by atoms with Crippen molar-refractivity contribution in [3.8, 4) is 11.8 Å². The van der Waals surface area contributed by atoms with Gasteiger partial charge in [-0.3, -0.25) is 0 Å². The van der Waals surface area contributed by atoms with E-state index in [0.717, 1.165) is 11.1 Å². The Morgan fingerprint density at radius 3 is 2.36 bits per heavy atom. The molecule has 0 aromatic heterocycles. The summed E-state index contributed by atoms with van der Waals surface area (Å²) < 4.78 is 26.7. The number of sulfonamides is 1. The molecule has 2 aromatic carbocycles. The van der Waals surface area contributed by atoms with E-state index in [0.29, 0.717) is 24.3 Å². The first kappa shape index (κ1) is 16.3. The molecule has 0 spiro atoms. The highest BCUT2D eigenvalue weighted by Crippen LogP contribution is 2.09. The zero-order valence-electron chi connectivity index (χ0n) is 12.5. The Kier molecular flexibility index (Phi) is 5.76. The molecule has 0 saturated heterocycles. The molecule has 114 valence electrons. The fraction of sp³-hybridized carbons (Fsp3) is 0.222. The van der Waals surface area contributed by atoms with Gasteiger partial charge in [0.1, 0.15) is 0 Å². The number of rotatable bonds is 5. The lowest BCUT2D eigenvalue weighted by Crippen LogP contribution is -2.24. The van der Waals surface area contributed by atoms with Crippen molar-refractivity contribution in [2.45, 2.75) is 24.7 Å². The van der Waals surface area contributed by atoms with Gasteiger partial charge >= 0.3 is 0 Å². The van der Waals surface area contributed by atoms with Crippen LogP contribution in [-0.2, 0) is 10.0 Å². The first-order valence-corrected chi connectivity index (χ1v) is 8.66. The van der Waals surface area contributed by atoms with Crippen LogP contribution in [0.5, 0.6) is 0 Å². The predicted molar refractivity (Wildman–Crippen MR) is 88.9 cm³/mol. The smallest absolute Gasteiger partial charge is 0.211 e. The van der Waals surface area contributed by atoms with Crippen LogP contribution in [0, 0.1) is 18.8 Å². The summed E-state index contributed by atoms with van der Waals surface area (Å²) in [7, 11) is -3.41. The Labute approximate surface area is 132 Å². The molecule has 1 N–H and O–H groups in total. The molecule has 0 radical (unpaired) electrons. The van der Waals surface area contributed by atoms with Crippen LogP contribution in [0.4, 0.5) is 0 Å². The van der Waals surface area contributed by atoms with Gasteiger partial charge in [-0.1, -0.05) is 47.7 Å². The van der Waals surface area contributed by atoms with E-state index in [9.17, 15) is 8.42 Å². The molecule has 3 nitrogen and oxygen atoms in total. The van der Waals surface area contributed by atoms with Crippen molar-refractivity contribution >= 4 is 10.0 Å². The lowest BCUT2D eigenvalue weighted by molar-refractivity contribution is 0.579. The topological polar surface area (TPSA) is 46.2 Å². The summed E-state index contributed by atoms with van der Waals surface area (Å²) in [6.07, 6.45) is 1.34. The Hall–Kier alpha value is -2.09. The summed E-state index contributed by atoms with van der Waals surface area (Å²) in [5.74, 6) is 6.10. The highest BCUT2D eigenvalue weighted by molar-refractivity contribution is 7.89. The SMILES string of the molecule is Cc1ccc(S(=O)(=O)NCCCC#Cc2ccccc2)cc1. The fourth-order valence-corrected chi connectivity index (χ4v) is 2.94. The van der Waals surface area contributed by atoms with Gasteiger partial charge < -0.3 is 0 Å². The van der Waals surface area contributed by atoms with Crippen molar-refractivity contribution in [2.75, 3.05) is 6.54 Å². The average Bonchev–Trinajstić information content (AvgIpc) is 2.52. The Balaban J connectivity index is 1.79. The van der Waals surface area contributed by atoms with E-state index in [1.165, 1.54) is 0 Å². The second kappa shape index (κ2) is 7.79. The van der Waals surface area contributed by atoms with Crippen LogP contribution in [0.2, 0.25) is 0 Å². The van der Waals surface area contributed by atoms with Crippen molar-refractivity contribution in [2.24, 2.45) is 0 Å². The van der Waals surface area contributed by atoms with Crippen LogP contribution in [0.25, 0.3) is 0 Å². The van der Waals surface area contributed by atoms with Crippen LogP contribution in [0.15, 0.2) is 59.5 Å². The molecule has 2 aromatic rings. The van der Waals surface area contributed by atoms with E-state index < -0.39 is 10.0 Å². The summed E-state index contributed by atoms with van der Waals surface area (Å²) in [5.41, 5.74) is 2.01. The van der Waals surface area contributed by atoms with Gasteiger partial charge in [0.2, 0.25) is 10.0 Å². The Morgan fingerprint density at radius 1 is 1.00 bits per heavy atom. The molecule has 0 aliphatic rings. The van der Waals surface area contributed by atoms with Crippen molar-refractivity contribution < 1.29 is 8.42 Å². The van der Waals surface area contributed by atoms with E-state index in [1.54, 1.807) is 24.3 Å². The van der Waals surface area contributed by atoms with Crippen molar-refractivity contribution in [3.63, 3.8) is 0 Å². The molecule has 4 heteroatoms. The molecule has 0 atom stereocenters. The van der Waals surface area contributed by atoms with Gasteiger partial charge in [-0.05, 0) is 37.6 Å². The van der Waals surface area contributed by atoms with Crippen molar-refractivity contribution in [1.29, 1.82) is 0 Å². The zero-order valence-corrected chi connectivity index (χ0v) is 13.4. The van der Waals surface area contributed by atoms with Crippen LogP contribution >= 0.6 is 0 Å². The monoisotopic (exact) mass is 313 g/mol. The third-order valence-electron chi connectivity index (χ3n) is 3.11. The maximum Gasteiger partial charge on any atom is 0.240 e. The molecular weight excluding hydrogens is 294 g/mol. The first-order chi connectivity index (χ1) is 10.6. The lowest BCUT2D eigenvalue weighted by atomic mass is 10.2. The predicted octanol–water partition coefficient (Wildman–Crippen LogP) is 3.11. The van der Waals surface area contributed by atoms with Gasteiger partial charge in [0, 0.05) is 18.5 Å². The summed E-state index contributed by atoms with van der Waals surface area (Å²) in [6.45, 7) is 2.31. The molecule has 0 fully saturated rings. The number of aryl methyl sites for hydroxylation is 1. The van der Waals surface area contributed by atoms with Crippen LogP contribution < -0.4 is 4.72 Å². The van der Waals surface area contributed by atoms with E-state index in [4.69, 9.17) is 0 Å². The minimum absolute atomic E-state index is 0.300. The molecule has 0 bridgehead atoms. The number of nitrogens with one attached hydrogen (secondary N) is 1. The van der Waals surface area contributed by atoms with Crippen LogP contribution in [0.3, 0.4) is 0 Å². The molecule has 0 heterocycles. The maximum atomic E-state index is 12.1. The van der Waals surface area contributed by atoms with Gasteiger partial charge in [0.25, 0.3) is 0 Å². The number of hydrogen-bond acceptors (Lipinski definition) is 2. The average molecular weight is 313 g/mol. The molecule has 0 amide bonds. The maximum absolute atomic E-state index is 12.1. The second-order valence-corrected chi connectivity index (χ2v) is 6.75. The number of benzene rings is 2. The van der Waals surface area contributed by atoms with E-state index >= 15 is 0 Å². The largest absolute Gasteiger partial charge is 0.240 e. The molecule has 0 aliphatic carbocycles. The highest BCUT2D eigenvalue weighted by Gasteiger charge is 2.11. The quantitative estimate of drug-likeness (QED) is 0.681. The molecule has 22 heavy (non-hydrogen) atoms. The van der Waals surface area contributed by atoms with Gasteiger partial charge in [0.15, 0.2) is 0 Å². The van der Waals surface area contributed by atoms with E-state index in [-0.39, 0.29) is 0 Å². The third kappa shape index (κ3) is 5.03. The highest BCUT2D eigenvalue weighted by atomic mass is 32.2. The Bertz CT molecular complexity index is 754. The van der Waals surface area contributed by atoms with Gasteiger partial charge in [-0.2, -0.15) is 0 Å². The summed E-state index contributed by atoms with van der Waals surface area (Å²) >= 11 is 0. The summed E-state index contributed by atoms with van der Waals surface area (Å²) in [6, 6.07) is 16.6. The van der Waals surface area contributed by atoms with E-state index in [2.05, 4.69) is 16.6 Å². The van der Waals surface area contributed by atoms with Crippen molar-refractivity contribution in [3.05, 3.63) is 65.7 Å². The standard InChI is InChI=1S/C18H19NO2S/c1-16-11-13-18(14-12-16)22(20,21)19-15-7-3-6-10-17-8-4-2-5-9-17/h2,4-5,8-9,11-14,19H,3,7,15H2,1H3. The van der Waals surface area contributed by atoms with Crippen LogP contribution in [0.1, 0.15) is 24.0 Å².